The second kappa shape index (κ2) is 10.5. The van der Waals surface area contributed by atoms with E-state index in [9.17, 15) is 10.0 Å². The van der Waals surface area contributed by atoms with Gasteiger partial charge >= 0.3 is 5.97 Å². The maximum Gasteiger partial charge on any atom is 0.338 e. The summed E-state index contributed by atoms with van der Waals surface area (Å²) in [5.41, 5.74) is 1.65. The van der Waals surface area contributed by atoms with Gasteiger partial charge in [-0.15, -0.1) is 6.58 Å². The minimum atomic E-state index is -0.835. The zero-order chi connectivity index (χ0) is 22.3. The highest BCUT2D eigenvalue weighted by Crippen LogP contribution is 2.37. The van der Waals surface area contributed by atoms with E-state index in [0.717, 1.165) is 25.7 Å². The smallest absolute Gasteiger partial charge is 0.338 e. The van der Waals surface area contributed by atoms with Gasteiger partial charge in [0.25, 0.3) is 6.21 Å². The zero-order valence-corrected chi connectivity index (χ0v) is 18.0. The number of benzene rings is 2. The van der Waals surface area contributed by atoms with E-state index in [-0.39, 0.29) is 17.9 Å². The van der Waals surface area contributed by atoms with Crippen LogP contribution in [0, 0.1) is 11.1 Å². The highest BCUT2D eigenvalue weighted by molar-refractivity contribution is 5.90. The number of allylic oxidation sites excluding steroid dienone is 1. The molecule has 0 spiro atoms. The number of nitrogens with zero attached hydrogens (tertiary/aromatic N) is 1. The fourth-order valence-electron chi connectivity index (χ4n) is 4.56. The predicted molar refractivity (Wildman–Crippen MR) is 121 cm³/mol. The van der Waals surface area contributed by atoms with Crippen LogP contribution in [-0.2, 0) is 14.3 Å². The summed E-state index contributed by atoms with van der Waals surface area (Å²) in [6, 6.07) is 19.0. The third kappa shape index (κ3) is 5.19. The van der Waals surface area contributed by atoms with Crippen molar-refractivity contribution < 1.29 is 24.0 Å². The summed E-state index contributed by atoms with van der Waals surface area (Å²) in [4.78, 5) is 18.5. The van der Waals surface area contributed by atoms with Crippen molar-refractivity contribution in [2.45, 2.75) is 56.5 Å². The number of rotatable bonds is 7. The van der Waals surface area contributed by atoms with Crippen LogP contribution in [0.4, 0.5) is 0 Å². The number of esters is 1. The Bertz CT molecular complexity index is 930. The molecule has 6 nitrogen and oxygen atoms in total. The van der Waals surface area contributed by atoms with Crippen LogP contribution < -0.4 is 0 Å². The van der Waals surface area contributed by atoms with E-state index in [1.165, 1.54) is 11.8 Å². The Kier molecular flexibility index (Phi) is 7.22. The van der Waals surface area contributed by atoms with Gasteiger partial charge in [0.05, 0.1) is 17.6 Å². The first-order valence-corrected chi connectivity index (χ1v) is 11.2. The van der Waals surface area contributed by atoms with E-state index in [4.69, 9.17) is 14.3 Å². The summed E-state index contributed by atoms with van der Waals surface area (Å²) in [5.74, 6) is -0.632. The first-order chi connectivity index (χ1) is 15.7. The number of carbonyl (C=O) groups is 1. The molecule has 0 N–H and O–H groups in total. The van der Waals surface area contributed by atoms with Crippen LogP contribution in [0.25, 0.3) is 0 Å². The summed E-state index contributed by atoms with van der Waals surface area (Å²) in [5, 5.41) is 12.3. The molecule has 0 saturated heterocycles. The number of hydrogen-bond donors (Lipinski definition) is 0. The third-order valence-corrected chi connectivity index (χ3v) is 6.18. The number of hydrogen-bond acceptors (Lipinski definition) is 5. The van der Waals surface area contributed by atoms with Crippen molar-refractivity contribution in [2.24, 2.45) is 5.92 Å². The van der Waals surface area contributed by atoms with Crippen LogP contribution in [0.2, 0.25) is 0 Å². The van der Waals surface area contributed by atoms with Gasteiger partial charge in [-0.05, 0) is 37.0 Å². The topological polar surface area (TPSA) is 70.8 Å². The van der Waals surface area contributed by atoms with Crippen molar-refractivity contribution in [1.82, 2.24) is 0 Å². The van der Waals surface area contributed by atoms with Gasteiger partial charge in [-0.1, -0.05) is 67.4 Å². The highest BCUT2D eigenvalue weighted by atomic mass is 16.9. The van der Waals surface area contributed by atoms with Crippen molar-refractivity contribution in [3.8, 4) is 0 Å². The van der Waals surface area contributed by atoms with Crippen LogP contribution in [-0.4, -0.2) is 35.6 Å². The molecule has 2 aromatic carbocycles. The fraction of sp³-hybridized carbons (Fsp3) is 0.385. The Morgan fingerprint density at radius 2 is 1.78 bits per heavy atom. The van der Waals surface area contributed by atoms with Crippen molar-refractivity contribution in [1.29, 1.82) is 0 Å². The molecule has 1 fully saturated rings. The average Bonchev–Trinajstić information content (AvgIpc) is 2.82. The normalized spacial score (nSPS) is 27.6. The number of carbonyl (C=O) groups excluding carboxylic acids is 1. The van der Waals surface area contributed by atoms with Crippen LogP contribution in [0.15, 0.2) is 73.3 Å². The van der Waals surface area contributed by atoms with Gasteiger partial charge in [-0.2, -0.15) is 0 Å². The molecule has 2 aliphatic rings. The standard InChI is InChI=1S/C26H29NO5/c1-2-11-22-24(30-25(28)20-14-7-4-8-15-20)18-27(29)32-26(22)31-23-17-10-9-16-21(23)19-12-5-3-6-13-19/h2-8,12-15,18,21-24,26H,1,9-11,16-17H2/t21-,22-,23+,24-,26-/m0/s1. The molecule has 1 heterocycles. The van der Waals surface area contributed by atoms with Crippen LogP contribution in [0.1, 0.15) is 53.9 Å². The van der Waals surface area contributed by atoms with Gasteiger partial charge in [0.15, 0.2) is 12.4 Å². The van der Waals surface area contributed by atoms with Gasteiger partial charge < -0.3 is 14.3 Å². The second-order valence-electron chi connectivity index (χ2n) is 8.31. The Morgan fingerprint density at radius 1 is 1.09 bits per heavy atom. The summed E-state index contributed by atoms with van der Waals surface area (Å²) >= 11 is 0. The molecule has 0 radical (unpaired) electrons. The van der Waals surface area contributed by atoms with E-state index in [1.807, 2.05) is 24.3 Å². The molecule has 0 bridgehead atoms. The van der Waals surface area contributed by atoms with Crippen LogP contribution >= 0.6 is 0 Å². The van der Waals surface area contributed by atoms with Crippen molar-refractivity contribution in [3.63, 3.8) is 0 Å². The minimum absolute atomic E-state index is 0.0829. The molecule has 1 saturated carbocycles. The molecular formula is C26H29NO5. The Morgan fingerprint density at radius 3 is 2.50 bits per heavy atom. The summed E-state index contributed by atoms with van der Waals surface area (Å²) < 4.78 is 12.1. The molecule has 0 amide bonds. The summed E-state index contributed by atoms with van der Waals surface area (Å²) in [6.45, 7) is 3.83. The second-order valence-corrected chi connectivity index (χ2v) is 8.31. The molecule has 32 heavy (non-hydrogen) atoms. The quantitative estimate of drug-likeness (QED) is 0.348. The maximum atomic E-state index is 12.6. The van der Waals surface area contributed by atoms with E-state index >= 15 is 0 Å². The lowest BCUT2D eigenvalue weighted by atomic mass is 9.81. The molecule has 4 rings (SSSR count). The Labute approximate surface area is 188 Å². The molecule has 5 atom stereocenters. The molecule has 1 aliphatic heterocycles. The predicted octanol–water partition coefficient (Wildman–Crippen LogP) is 5.00. The Hall–Kier alpha value is -3.12. The van der Waals surface area contributed by atoms with Crippen molar-refractivity contribution in [2.75, 3.05) is 0 Å². The molecule has 6 heteroatoms. The molecule has 2 aromatic rings. The molecular weight excluding hydrogens is 406 g/mol. The molecule has 0 unspecified atom stereocenters. The largest absolute Gasteiger partial charge is 0.447 e. The molecule has 1 aliphatic carbocycles. The first-order valence-electron chi connectivity index (χ1n) is 11.2. The number of ether oxygens (including phenoxy) is 2. The van der Waals surface area contributed by atoms with Gasteiger partial charge in [-0.25, -0.2) is 4.79 Å². The van der Waals surface area contributed by atoms with E-state index in [1.54, 1.807) is 30.3 Å². The SMILES string of the molecule is C=CC[C@@H]1[C@@H](O[C@@H]2CCCC[C@H]2c2ccccc2)O[N+]([O-])=C[C@@H]1OC(=O)c1ccccc1. The van der Waals surface area contributed by atoms with Gasteiger partial charge in [0.1, 0.15) is 0 Å². The van der Waals surface area contributed by atoms with E-state index < -0.39 is 18.4 Å². The lowest BCUT2D eigenvalue weighted by molar-refractivity contribution is -0.773. The highest BCUT2D eigenvalue weighted by Gasteiger charge is 2.41. The van der Waals surface area contributed by atoms with Gasteiger partial charge in [0, 0.05) is 10.8 Å². The van der Waals surface area contributed by atoms with Crippen molar-refractivity contribution in [3.05, 3.63) is 89.7 Å². The lowest BCUT2D eigenvalue weighted by Crippen LogP contribution is -2.48. The average molecular weight is 436 g/mol. The molecule has 0 aromatic heterocycles. The zero-order valence-electron chi connectivity index (χ0n) is 18.0. The van der Waals surface area contributed by atoms with E-state index in [2.05, 4.69) is 18.7 Å². The van der Waals surface area contributed by atoms with Gasteiger partial charge in [0.2, 0.25) is 0 Å². The minimum Gasteiger partial charge on any atom is -0.447 e. The van der Waals surface area contributed by atoms with E-state index in [0.29, 0.717) is 16.9 Å². The lowest BCUT2D eigenvalue weighted by Gasteiger charge is -2.40. The van der Waals surface area contributed by atoms with Crippen molar-refractivity contribution >= 4 is 12.2 Å². The fourth-order valence-corrected chi connectivity index (χ4v) is 4.56. The monoisotopic (exact) mass is 435 g/mol. The third-order valence-electron chi connectivity index (χ3n) is 6.18. The molecule has 168 valence electrons. The summed E-state index contributed by atoms with van der Waals surface area (Å²) in [7, 11) is 0. The van der Waals surface area contributed by atoms with Gasteiger partial charge in [-0.3, -0.25) is 5.21 Å². The summed E-state index contributed by atoms with van der Waals surface area (Å²) in [6.07, 6.45) is 5.86. The maximum absolute atomic E-state index is 12.6. The van der Waals surface area contributed by atoms with Crippen LogP contribution in [0.5, 0.6) is 0 Å². The van der Waals surface area contributed by atoms with Crippen LogP contribution in [0.3, 0.4) is 0 Å². The Balaban J connectivity index is 1.52. The first kappa shape index (κ1) is 22.1.